The molecule has 3 rings (SSSR count). The van der Waals surface area contributed by atoms with Crippen LogP contribution in [0.2, 0.25) is 0 Å². The molecule has 0 aliphatic carbocycles. The average molecular weight is 1380 g/mol. The molecule has 0 radical (unpaired) electrons. The fraction of sp³-hybridized carbons (Fsp3) is 0.767. The van der Waals surface area contributed by atoms with E-state index >= 15 is 14.4 Å². The number of piperidine rings is 1. The van der Waals surface area contributed by atoms with Crippen molar-refractivity contribution in [3.05, 3.63) is 35.9 Å². The second kappa shape index (κ2) is 39.3. The third kappa shape index (κ3) is 24.6. The standard InChI is InChI=1S/C73H125N11O14/c1-41(2)35-53-68(92)80(20)56(38-44(7)8)64(88)74-49(16)73(97)98-63(47(13)14)72(96)81(21)57(39-45(9)10)66(90)76-54(36-42(3)4)69(93)82(22)60(46(11)12)71(95)83(23)61(62(87)48(15)29-32-84-33-30-52(31-34-84)51-27-25-24-26-28-51)67(91)77-59(50(17)85)70(94)78(18)40-58(86)79(19)55(37-43(5)6)65(89)75-53/h24-28,41-50,52-57,59-63,85,87H,29-40H2,1-23H3,(H,74,88)(H,75,89)(H,76,90)(H,77,91)/t48-,49+,50-,53+,54+,55+,56+,57+,59+,60+,61+,62-,63-/m1/s1. The van der Waals surface area contributed by atoms with Crippen LogP contribution in [-0.4, -0.2) is 251 Å². The van der Waals surface area contributed by atoms with Gasteiger partial charge in [0, 0.05) is 42.3 Å². The number of carbonyl (C=O) groups excluding carboxylic acids is 11. The van der Waals surface area contributed by atoms with Crippen molar-refractivity contribution in [2.75, 3.05) is 68.5 Å². The number of rotatable bonds is 19. The number of likely N-dealkylation sites (tertiary alicyclic amines) is 1. The number of cyclic esters (lactones) is 1. The van der Waals surface area contributed by atoms with Crippen molar-refractivity contribution < 1.29 is 67.7 Å². The minimum Gasteiger partial charge on any atom is -0.450 e. The molecule has 0 spiro atoms. The number of aliphatic hydroxyl groups excluding tert-OH is 2. The van der Waals surface area contributed by atoms with E-state index in [0.717, 1.165) is 35.7 Å². The summed E-state index contributed by atoms with van der Waals surface area (Å²) in [6, 6.07) is -1.99. The van der Waals surface area contributed by atoms with Crippen LogP contribution in [0.1, 0.15) is 181 Å². The van der Waals surface area contributed by atoms with Crippen LogP contribution < -0.4 is 21.3 Å². The third-order valence-corrected chi connectivity index (χ3v) is 19.1. The molecule has 2 fully saturated rings. The molecule has 98 heavy (non-hydrogen) atoms. The predicted octanol–water partition coefficient (Wildman–Crippen LogP) is 4.65. The Morgan fingerprint density at radius 3 is 1.35 bits per heavy atom. The van der Waals surface area contributed by atoms with Gasteiger partial charge in [-0.05, 0) is 144 Å². The van der Waals surface area contributed by atoms with Gasteiger partial charge in [0.25, 0.3) is 5.91 Å². The number of nitrogens with zero attached hydrogens (tertiary/aromatic N) is 7. The lowest BCUT2D eigenvalue weighted by Gasteiger charge is -2.40. The summed E-state index contributed by atoms with van der Waals surface area (Å²) in [5.41, 5.74) is 1.27. The van der Waals surface area contributed by atoms with Crippen molar-refractivity contribution in [3.63, 3.8) is 0 Å². The minimum absolute atomic E-state index is 0.0793. The van der Waals surface area contributed by atoms with Gasteiger partial charge in [-0.3, -0.25) is 47.9 Å². The first-order valence-electron chi connectivity index (χ1n) is 35.7. The second-order valence-electron chi connectivity index (χ2n) is 30.8. The molecule has 2 aliphatic heterocycles. The first-order chi connectivity index (χ1) is 45.5. The SMILES string of the molecule is CC(C)C[C@@H]1NC(=O)[C@H](CC(C)C)N(C)C(=O)[C@@H](C(C)C)OC(=O)[C@H](C)NC(=O)[C@H](CC(C)C)N(C)C(=O)[C@H](CC(C)C)NC(=O)[C@H](CC(C)C)N(C)C(=O)CN(C)C(=O)[C@H]([C@@H](C)O)NC(=O)[C@H]([C@H](O)[C@H](C)CCN2CCC(c3ccccc3)CC2)N(C)C(=O)[C@H](C(C)C)N(C)C1=O. The number of benzene rings is 1. The van der Waals surface area contributed by atoms with Gasteiger partial charge in [0.05, 0.1) is 18.8 Å². The maximum Gasteiger partial charge on any atom is 0.329 e. The van der Waals surface area contributed by atoms with Crippen LogP contribution in [0, 0.1) is 47.3 Å². The largest absolute Gasteiger partial charge is 0.450 e. The van der Waals surface area contributed by atoms with Crippen LogP contribution in [0.5, 0.6) is 0 Å². The highest BCUT2D eigenvalue weighted by atomic mass is 16.6. The molecule has 1 aromatic carbocycles. The number of hydrogen-bond acceptors (Lipinski definition) is 15. The summed E-state index contributed by atoms with van der Waals surface area (Å²) in [5.74, 6) is -11.1. The van der Waals surface area contributed by atoms with E-state index in [0.29, 0.717) is 18.9 Å². The molecule has 6 N–H and O–H groups in total. The molecule has 0 saturated carbocycles. The van der Waals surface area contributed by atoms with Crippen molar-refractivity contribution in [2.24, 2.45) is 47.3 Å². The summed E-state index contributed by atoms with van der Waals surface area (Å²) in [7, 11) is 8.23. The highest BCUT2D eigenvalue weighted by molar-refractivity contribution is 5.99. The van der Waals surface area contributed by atoms with E-state index in [1.807, 2.05) is 87.4 Å². The number of hydrogen-bond donors (Lipinski definition) is 6. The van der Waals surface area contributed by atoms with Crippen LogP contribution >= 0.6 is 0 Å². The van der Waals surface area contributed by atoms with Gasteiger partial charge in [0.15, 0.2) is 6.10 Å². The Balaban J connectivity index is 2.31. The molecule has 25 nitrogen and oxygen atoms in total. The third-order valence-electron chi connectivity index (χ3n) is 19.1. The molecule has 1 aromatic rings. The molecular weight excluding hydrogens is 1250 g/mol. The average Bonchev–Trinajstić information content (AvgIpc) is 0.803. The maximum absolute atomic E-state index is 15.5. The van der Waals surface area contributed by atoms with E-state index in [1.165, 1.54) is 81.3 Å². The summed E-state index contributed by atoms with van der Waals surface area (Å²) in [4.78, 5) is 172. The molecule has 2 heterocycles. The number of amides is 10. The van der Waals surface area contributed by atoms with Gasteiger partial charge >= 0.3 is 5.97 Å². The molecule has 13 atom stereocenters. The molecule has 10 amide bonds. The van der Waals surface area contributed by atoms with Gasteiger partial charge in [0.2, 0.25) is 53.2 Å². The van der Waals surface area contributed by atoms with Crippen molar-refractivity contribution in [1.29, 1.82) is 0 Å². The zero-order chi connectivity index (χ0) is 74.7. The lowest BCUT2D eigenvalue weighted by atomic mass is 9.88. The van der Waals surface area contributed by atoms with E-state index in [9.17, 15) is 48.6 Å². The molecule has 2 aliphatic rings. The zero-order valence-electron chi connectivity index (χ0n) is 63.4. The van der Waals surface area contributed by atoms with E-state index in [2.05, 4.69) is 38.3 Å². The normalized spacial score (nSPS) is 26.4. The number of nitrogens with one attached hydrogen (secondary N) is 4. The lowest BCUT2D eigenvalue weighted by molar-refractivity contribution is -0.166. The zero-order valence-corrected chi connectivity index (χ0v) is 63.4. The van der Waals surface area contributed by atoms with E-state index in [1.54, 1.807) is 34.6 Å². The van der Waals surface area contributed by atoms with Crippen LogP contribution in [0.15, 0.2) is 30.3 Å². The first-order valence-corrected chi connectivity index (χ1v) is 35.7. The Hall–Kier alpha value is -6.73. The van der Waals surface area contributed by atoms with E-state index < -0.39 is 162 Å². The number of aliphatic hydroxyl groups is 2. The van der Waals surface area contributed by atoms with E-state index in [4.69, 9.17) is 4.74 Å². The Morgan fingerprint density at radius 2 is 0.908 bits per heavy atom. The number of ether oxygens (including phenoxy) is 1. The number of esters is 1. The van der Waals surface area contributed by atoms with Crippen molar-refractivity contribution in [3.8, 4) is 0 Å². The predicted molar refractivity (Wildman–Crippen MR) is 377 cm³/mol. The first kappa shape index (κ1) is 85.5. The van der Waals surface area contributed by atoms with Crippen molar-refractivity contribution in [2.45, 2.75) is 248 Å². The molecule has 0 unspecified atom stereocenters. The van der Waals surface area contributed by atoms with Gasteiger partial charge in [-0.15, -0.1) is 0 Å². The van der Waals surface area contributed by atoms with Crippen molar-refractivity contribution in [1.82, 2.24) is 55.6 Å². The Bertz CT molecular complexity index is 2810. The molecule has 2 saturated heterocycles. The Morgan fingerprint density at radius 1 is 0.480 bits per heavy atom. The fourth-order valence-electron chi connectivity index (χ4n) is 13.1. The van der Waals surface area contributed by atoms with Gasteiger partial charge < -0.3 is 70.5 Å². The smallest absolute Gasteiger partial charge is 0.329 e. The highest BCUT2D eigenvalue weighted by Crippen LogP contribution is 2.30. The minimum atomic E-state index is -1.76. The fourth-order valence-corrected chi connectivity index (χ4v) is 13.1. The van der Waals surface area contributed by atoms with Gasteiger partial charge in [-0.25, -0.2) is 4.79 Å². The molecule has 0 aromatic heterocycles. The van der Waals surface area contributed by atoms with Crippen LogP contribution in [0.3, 0.4) is 0 Å². The van der Waals surface area contributed by atoms with Gasteiger partial charge in [-0.2, -0.15) is 0 Å². The summed E-state index contributed by atoms with van der Waals surface area (Å²) < 4.78 is 5.93. The molecular formula is C73H125N11O14. The monoisotopic (exact) mass is 1380 g/mol. The Labute approximate surface area is 585 Å². The van der Waals surface area contributed by atoms with Gasteiger partial charge in [0.1, 0.15) is 54.4 Å². The maximum atomic E-state index is 15.5. The summed E-state index contributed by atoms with van der Waals surface area (Å²) in [6.45, 7) is 31.1. The topological polar surface area (TPSA) is 308 Å². The highest BCUT2D eigenvalue weighted by Gasteiger charge is 2.46. The molecule has 0 bridgehead atoms. The van der Waals surface area contributed by atoms with Crippen LogP contribution in [-0.2, 0) is 57.5 Å². The lowest BCUT2D eigenvalue weighted by Crippen LogP contribution is -2.64. The van der Waals surface area contributed by atoms with Gasteiger partial charge in [-0.1, -0.05) is 134 Å². The van der Waals surface area contributed by atoms with E-state index in [-0.39, 0.29) is 61.7 Å². The number of carbonyl (C=O) groups is 11. The molecule has 556 valence electrons. The molecule has 25 heteroatoms. The summed E-state index contributed by atoms with van der Waals surface area (Å²) >= 11 is 0. The second-order valence-corrected chi connectivity index (χ2v) is 30.8. The number of likely N-dealkylation sites (N-methyl/N-ethyl adjacent to an activating group) is 6. The van der Waals surface area contributed by atoms with Crippen molar-refractivity contribution >= 4 is 65.0 Å². The summed E-state index contributed by atoms with van der Waals surface area (Å²) in [6.07, 6.45) is -1.95. The summed E-state index contributed by atoms with van der Waals surface area (Å²) in [5, 5.41) is 35.1. The quantitative estimate of drug-likeness (QED) is 0.103. The van der Waals surface area contributed by atoms with Crippen LogP contribution in [0.25, 0.3) is 0 Å². The Kier molecular flexibility index (Phi) is 34.3. The van der Waals surface area contributed by atoms with Crippen LogP contribution in [0.4, 0.5) is 0 Å².